The number of nitrogens with zero attached hydrogens (tertiary/aromatic N) is 1. The van der Waals surface area contributed by atoms with Crippen molar-refractivity contribution in [2.45, 2.75) is 12.2 Å². The Hall–Kier alpha value is -1.37. The number of anilines is 1. The molecule has 0 bridgehead atoms. The molecule has 90 valence electrons. The number of aromatic nitrogens is 1. The van der Waals surface area contributed by atoms with Gasteiger partial charge >= 0.3 is 0 Å². The molecule has 1 heterocycles. The van der Waals surface area contributed by atoms with E-state index >= 15 is 0 Å². The lowest BCUT2D eigenvalue weighted by Crippen LogP contribution is -2.30. The third-order valence-corrected chi connectivity index (χ3v) is 2.19. The molecule has 0 saturated heterocycles. The zero-order chi connectivity index (χ0) is 12.1. The highest BCUT2D eigenvalue weighted by Gasteiger charge is 2.22. The van der Waals surface area contributed by atoms with Gasteiger partial charge in [0, 0.05) is 12.1 Å². The maximum Gasteiger partial charge on any atom is 0.219 e. The Bertz CT molecular complexity index is 346. The molecule has 0 saturated carbocycles. The van der Waals surface area contributed by atoms with E-state index in [-0.39, 0.29) is 12.4 Å². The zero-order valence-electron chi connectivity index (χ0n) is 9.34. The number of nitrogen functional groups attached to an aromatic ring is 1. The normalized spacial score (nSPS) is 14.5. The van der Waals surface area contributed by atoms with Gasteiger partial charge in [0.25, 0.3) is 0 Å². The molecule has 6 heteroatoms. The molecule has 1 rings (SSSR count). The molecule has 1 aromatic heterocycles. The molecular weight excluding hydrogens is 210 g/mol. The standard InChI is InChI=1S/C10H17N3O3/c1-12-5-8(14)9(15)7-3-6(11)4-13-10(7)16-2/h3-4,8-9,12,14-15H,5,11H2,1-2H3. The summed E-state index contributed by atoms with van der Waals surface area (Å²) in [6.45, 7) is 0.263. The monoisotopic (exact) mass is 227 g/mol. The second kappa shape index (κ2) is 5.64. The molecule has 0 aliphatic heterocycles. The molecule has 6 nitrogen and oxygen atoms in total. The highest BCUT2D eigenvalue weighted by Crippen LogP contribution is 2.26. The smallest absolute Gasteiger partial charge is 0.219 e. The van der Waals surface area contributed by atoms with Crippen LogP contribution in [0.1, 0.15) is 11.7 Å². The summed E-state index contributed by atoms with van der Waals surface area (Å²) in [5, 5.41) is 22.3. The maximum absolute atomic E-state index is 9.89. The number of rotatable bonds is 5. The van der Waals surface area contributed by atoms with Gasteiger partial charge in [0.2, 0.25) is 5.88 Å². The number of hydrogen-bond donors (Lipinski definition) is 4. The average molecular weight is 227 g/mol. The summed E-state index contributed by atoms with van der Waals surface area (Å²) in [4.78, 5) is 3.92. The van der Waals surface area contributed by atoms with Crippen LogP contribution >= 0.6 is 0 Å². The first kappa shape index (κ1) is 12.7. The molecular formula is C10H17N3O3. The second-order valence-corrected chi connectivity index (χ2v) is 3.44. The van der Waals surface area contributed by atoms with Gasteiger partial charge in [0.15, 0.2) is 0 Å². The van der Waals surface area contributed by atoms with Crippen molar-refractivity contribution in [3.63, 3.8) is 0 Å². The molecule has 0 aliphatic carbocycles. The summed E-state index contributed by atoms with van der Waals surface area (Å²) in [6, 6.07) is 1.54. The first-order valence-corrected chi connectivity index (χ1v) is 4.90. The molecule has 0 aliphatic rings. The highest BCUT2D eigenvalue weighted by atomic mass is 16.5. The summed E-state index contributed by atoms with van der Waals surface area (Å²) >= 11 is 0. The molecule has 0 fully saturated rings. The SMILES string of the molecule is CNCC(O)C(O)c1cc(N)cnc1OC. The van der Waals surface area contributed by atoms with E-state index in [0.29, 0.717) is 11.3 Å². The van der Waals surface area contributed by atoms with Gasteiger partial charge in [-0.1, -0.05) is 0 Å². The molecule has 0 amide bonds. The van der Waals surface area contributed by atoms with E-state index in [1.807, 2.05) is 0 Å². The highest BCUT2D eigenvalue weighted by molar-refractivity contribution is 5.43. The maximum atomic E-state index is 9.89. The van der Waals surface area contributed by atoms with Gasteiger partial charge in [-0.2, -0.15) is 0 Å². The Morgan fingerprint density at radius 2 is 2.25 bits per heavy atom. The summed E-state index contributed by atoms with van der Waals surface area (Å²) in [7, 11) is 3.13. The minimum atomic E-state index is -1.08. The van der Waals surface area contributed by atoms with Crippen LogP contribution in [-0.4, -0.2) is 42.0 Å². The second-order valence-electron chi connectivity index (χ2n) is 3.44. The number of hydrogen-bond acceptors (Lipinski definition) is 6. The number of nitrogens with two attached hydrogens (primary N) is 1. The quantitative estimate of drug-likeness (QED) is 0.530. The lowest BCUT2D eigenvalue weighted by atomic mass is 10.1. The Morgan fingerprint density at radius 3 is 2.81 bits per heavy atom. The molecule has 2 atom stereocenters. The lowest BCUT2D eigenvalue weighted by Gasteiger charge is -2.19. The summed E-state index contributed by atoms with van der Waals surface area (Å²) in [6.07, 6.45) is -0.597. The van der Waals surface area contributed by atoms with E-state index in [4.69, 9.17) is 10.5 Å². The zero-order valence-corrected chi connectivity index (χ0v) is 9.34. The summed E-state index contributed by atoms with van der Waals surface area (Å²) in [5.41, 5.74) is 6.36. The number of likely N-dealkylation sites (N-methyl/N-ethyl adjacent to an activating group) is 1. The van der Waals surface area contributed by atoms with E-state index in [9.17, 15) is 10.2 Å². The molecule has 2 unspecified atom stereocenters. The first-order chi connectivity index (χ1) is 7.60. The van der Waals surface area contributed by atoms with Crippen LogP contribution in [0.2, 0.25) is 0 Å². The fourth-order valence-electron chi connectivity index (χ4n) is 1.40. The molecule has 16 heavy (non-hydrogen) atoms. The topological polar surface area (TPSA) is 101 Å². The molecule has 1 aromatic rings. The number of nitrogens with one attached hydrogen (secondary N) is 1. The van der Waals surface area contributed by atoms with Crippen LogP contribution in [0.5, 0.6) is 5.88 Å². The van der Waals surface area contributed by atoms with E-state index in [0.717, 1.165) is 0 Å². The van der Waals surface area contributed by atoms with Crippen LogP contribution in [-0.2, 0) is 0 Å². The van der Waals surface area contributed by atoms with Gasteiger partial charge in [-0.05, 0) is 13.1 Å². The number of aliphatic hydroxyl groups is 2. The fourth-order valence-corrected chi connectivity index (χ4v) is 1.40. The van der Waals surface area contributed by atoms with Gasteiger partial charge in [-0.3, -0.25) is 0 Å². The number of pyridine rings is 1. The predicted molar refractivity (Wildman–Crippen MR) is 60.1 cm³/mol. The molecule has 0 aromatic carbocycles. The molecule has 5 N–H and O–H groups in total. The van der Waals surface area contributed by atoms with Crippen molar-refractivity contribution < 1.29 is 14.9 Å². The van der Waals surface area contributed by atoms with Crippen LogP contribution in [0.15, 0.2) is 12.3 Å². The van der Waals surface area contributed by atoms with Crippen molar-refractivity contribution in [1.29, 1.82) is 0 Å². The van der Waals surface area contributed by atoms with Crippen LogP contribution in [0, 0.1) is 0 Å². The van der Waals surface area contributed by atoms with E-state index in [2.05, 4.69) is 10.3 Å². The number of aliphatic hydroxyl groups excluding tert-OH is 2. The van der Waals surface area contributed by atoms with Gasteiger partial charge in [-0.25, -0.2) is 4.98 Å². The summed E-state index contributed by atoms with van der Waals surface area (Å²) in [5.74, 6) is 0.261. The van der Waals surface area contributed by atoms with Crippen LogP contribution in [0.4, 0.5) is 5.69 Å². The number of methoxy groups -OCH3 is 1. The average Bonchev–Trinajstić information content (AvgIpc) is 2.28. The predicted octanol–water partition coefficient (Wildman–Crippen LogP) is -0.714. The van der Waals surface area contributed by atoms with Gasteiger partial charge in [-0.15, -0.1) is 0 Å². The largest absolute Gasteiger partial charge is 0.481 e. The number of ether oxygens (including phenoxy) is 1. The van der Waals surface area contributed by atoms with Crippen molar-refractivity contribution in [2.24, 2.45) is 0 Å². The van der Waals surface area contributed by atoms with E-state index in [1.54, 1.807) is 7.05 Å². The third-order valence-electron chi connectivity index (χ3n) is 2.19. The van der Waals surface area contributed by atoms with E-state index < -0.39 is 12.2 Å². The van der Waals surface area contributed by atoms with E-state index in [1.165, 1.54) is 19.4 Å². The Balaban J connectivity index is 2.96. The van der Waals surface area contributed by atoms with Gasteiger partial charge in [0.05, 0.1) is 25.1 Å². The minimum Gasteiger partial charge on any atom is -0.481 e. The van der Waals surface area contributed by atoms with Crippen LogP contribution in [0.3, 0.4) is 0 Å². The van der Waals surface area contributed by atoms with Crippen molar-refractivity contribution >= 4 is 5.69 Å². The van der Waals surface area contributed by atoms with Crippen molar-refractivity contribution in [2.75, 3.05) is 26.4 Å². The first-order valence-electron chi connectivity index (χ1n) is 4.90. The van der Waals surface area contributed by atoms with Crippen molar-refractivity contribution in [3.8, 4) is 5.88 Å². The molecule has 0 radical (unpaired) electrons. The van der Waals surface area contributed by atoms with Crippen molar-refractivity contribution in [3.05, 3.63) is 17.8 Å². The third kappa shape index (κ3) is 2.82. The molecule has 0 spiro atoms. The van der Waals surface area contributed by atoms with Crippen LogP contribution in [0.25, 0.3) is 0 Å². The minimum absolute atomic E-state index is 0.261. The van der Waals surface area contributed by atoms with Crippen LogP contribution < -0.4 is 15.8 Å². The van der Waals surface area contributed by atoms with Gasteiger partial charge in [0.1, 0.15) is 6.10 Å². The Kier molecular flexibility index (Phi) is 4.48. The van der Waals surface area contributed by atoms with Crippen molar-refractivity contribution in [1.82, 2.24) is 10.3 Å². The Labute approximate surface area is 94.1 Å². The lowest BCUT2D eigenvalue weighted by molar-refractivity contribution is 0.0185. The summed E-state index contributed by atoms with van der Waals surface area (Å²) < 4.78 is 4.99. The fraction of sp³-hybridized carbons (Fsp3) is 0.500. The van der Waals surface area contributed by atoms with Gasteiger partial charge < -0.3 is 26.0 Å². The Morgan fingerprint density at radius 1 is 1.56 bits per heavy atom.